The van der Waals surface area contributed by atoms with Crippen molar-refractivity contribution in [3.05, 3.63) is 47.0 Å². The Hall–Kier alpha value is -0.750. The highest BCUT2D eigenvalue weighted by molar-refractivity contribution is 6.30. The Labute approximate surface area is 165 Å². The van der Waals surface area contributed by atoms with Gasteiger partial charge in [-0.3, -0.25) is 0 Å². The third-order valence-corrected chi connectivity index (χ3v) is 8.04. The lowest BCUT2D eigenvalue weighted by Gasteiger charge is -2.50. The van der Waals surface area contributed by atoms with E-state index in [2.05, 4.69) is 43.3 Å². The number of fused-ring (bicyclic) bond motifs is 3. The Bertz CT molecular complexity index is 601. The lowest BCUT2D eigenvalue weighted by molar-refractivity contribution is 0.0127. The van der Waals surface area contributed by atoms with Crippen LogP contribution in [-0.4, -0.2) is 0 Å². The number of halogens is 1. The third-order valence-electron chi connectivity index (χ3n) is 7.79. The molecule has 0 heterocycles. The van der Waals surface area contributed by atoms with E-state index >= 15 is 0 Å². The first-order chi connectivity index (χ1) is 12.7. The van der Waals surface area contributed by atoms with Crippen LogP contribution in [0.3, 0.4) is 0 Å². The van der Waals surface area contributed by atoms with E-state index in [4.69, 9.17) is 11.6 Å². The maximum atomic E-state index is 6.08. The fourth-order valence-electron chi connectivity index (χ4n) is 6.50. The molecule has 0 saturated heterocycles. The molecule has 142 valence electrons. The molecule has 0 N–H and O–H groups in total. The van der Waals surface area contributed by atoms with E-state index in [1.807, 2.05) is 0 Å². The monoisotopic (exact) mass is 370 g/mol. The fraction of sp³-hybridized carbons (Fsp3) is 0.680. The number of benzene rings is 1. The van der Waals surface area contributed by atoms with Crippen molar-refractivity contribution in [1.29, 1.82) is 0 Å². The summed E-state index contributed by atoms with van der Waals surface area (Å²) in [4.78, 5) is 0. The Balaban J connectivity index is 1.36. The highest BCUT2D eigenvalue weighted by atomic mass is 35.5. The van der Waals surface area contributed by atoms with Crippen molar-refractivity contribution < 1.29 is 0 Å². The van der Waals surface area contributed by atoms with Crippen molar-refractivity contribution in [3.63, 3.8) is 0 Å². The molecule has 6 unspecified atom stereocenters. The molecule has 0 radical (unpaired) electrons. The van der Waals surface area contributed by atoms with Crippen LogP contribution in [0.25, 0.3) is 0 Å². The Morgan fingerprint density at radius 3 is 2.31 bits per heavy atom. The molecule has 0 bridgehead atoms. The van der Waals surface area contributed by atoms with Crippen molar-refractivity contribution in [2.75, 3.05) is 0 Å². The van der Waals surface area contributed by atoms with Crippen LogP contribution >= 0.6 is 11.6 Å². The summed E-state index contributed by atoms with van der Waals surface area (Å²) < 4.78 is 0. The predicted octanol–water partition coefficient (Wildman–Crippen LogP) is 8.02. The van der Waals surface area contributed by atoms with E-state index in [9.17, 15) is 0 Å². The second-order valence-electron chi connectivity index (χ2n) is 9.28. The number of unbranched alkanes of at least 4 members (excludes halogenated alkanes) is 1. The summed E-state index contributed by atoms with van der Waals surface area (Å²) in [5.74, 6) is 5.72. The van der Waals surface area contributed by atoms with Crippen LogP contribution in [0.4, 0.5) is 0 Å². The first kappa shape index (κ1) is 18.6. The third kappa shape index (κ3) is 4.06. The predicted molar refractivity (Wildman–Crippen MR) is 113 cm³/mol. The van der Waals surface area contributed by atoms with Gasteiger partial charge in [0.05, 0.1) is 0 Å². The van der Waals surface area contributed by atoms with Gasteiger partial charge in [0.2, 0.25) is 0 Å². The highest BCUT2D eigenvalue weighted by Gasteiger charge is 2.44. The number of hydrogen-bond acceptors (Lipinski definition) is 0. The van der Waals surface area contributed by atoms with Crippen LogP contribution in [-0.2, 0) is 0 Å². The molecule has 0 aliphatic heterocycles. The van der Waals surface area contributed by atoms with Crippen LogP contribution in [0.15, 0.2) is 36.4 Å². The zero-order valence-corrected chi connectivity index (χ0v) is 17.1. The maximum Gasteiger partial charge on any atom is 0.0406 e. The molecule has 1 aromatic rings. The van der Waals surface area contributed by atoms with Gasteiger partial charge < -0.3 is 0 Å². The van der Waals surface area contributed by atoms with Crippen molar-refractivity contribution in [2.45, 2.75) is 77.0 Å². The molecule has 4 rings (SSSR count). The first-order valence-corrected chi connectivity index (χ1v) is 11.5. The SMILES string of the molecule is CCC/C=C/C1CCC2C(CCC3CC(c4ccc(Cl)cc4)CCC32)C1. The summed E-state index contributed by atoms with van der Waals surface area (Å²) in [6.07, 6.45) is 19.3. The van der Waals surface area contributed by atoms with Crippen LogP contribution in [0.5, 0.6) is 0 Å². The molecule has 6 atom stereocenters. The molecule has 3 fully saturated rings. The molecule has 0 aromatic heterocycles. The van der Waals surface area contributed by atoms with Crippen LogP contribution in [0, 0.1) is 29.6 Å². The van der Waals surface area contributed by atoms with Crippen LogP contribution in [0.1, 0.15) is 82.6 Å². The topological polar surface area (TPSA) is 0 Å². The largest absolute Gasteiger partial charge is 0.0883 e. The molecule has 26 heavy (non-hydrogen) atoms. The van der Waals surface area contributed by atoms with Crippen molar-refractivity contribution in [3.8, 4) is 0 Å². The molecule has 0 spiro atoms. The molecule has 1 heteroatoms. The van der Waals surface area contributed by atoms with Gasteiger partial charge in [-0.25, -0.2) is 0 Å². The normalized spacial score (nSPS) is 37.3. The Morgan fingerprint density at radius 1 is 0.885 bits per heavy atom. The summed E-state index contributed by atoms with van der Waals surface area (Å²) in [7, 11) is 0. The summed E-state index contributed by atoms with van der Waals surface area (Å²) >= 11 is 6.08. The second kappa shape index (κ2) is 8.51. The van der Waals surface area contributed by atoms with Crippen molar-refractivity contribution in [1.82, 2.24) is 0 Å². The summed E-state index contributed by atoms with van der Waals surface area (Å²) in [5.41, 5.74) is 1.53. The molecule has 0 nitrogen and oxygen atoms in total. The minimum absolute atomic E-state index is 0.776. The van der Waals surface area contributed by atoms with Crippen molar-refractivity contribution >= 4 is 11.6 Å². The summed E-state index contributed by atoms with van der Waals surface area (Å²) in [6.45, 7) is 2.28. The lowest BCUT2D eigenvalue weighted by atomic mass is 9.55. The van der Waals surface area contributed by atoms with Gasteiger partial charge >= 0.3 is 0 Å². The standard InChI is InChI=1S/C25H35Cl/c1-2-3-4-5-18-6-14-24-21(16-18)7-8-22-17-20(11-15-25(22)24)19-9-12-23(26)13-10-19/h4-5,9-10,12-13,18,20-22,24-25H,2-3,6-8,11,14-17H2,1H3/b5-4+. The summed E-state index contributed by atoms with van der Waals surface area (Å²) in [5, 5.41) is 0.868. The Kier molecular flexibility index (Phi) is 6.09. The van der Waals surface area contributed by atoms with E-state index in [0.29, 0.717) is 0 Å². The molecule has 0 amide bonds. The zero-order chi connectivity index (χ0) is 17.9. The highest BCUT2D eigenvalue weighted by Crippen LogP contribution is 2.54. The zero-order valence-electron chi connectivity index (χ0n) is 16.4. The van der Waals surface area contributed by atoms with E-state index in [1.165, 1.54) is 69.8 Å². The fourth-order valence-corrected chi connectivity index (χ4v) is 6.62. The number of hydrogen-bond donors (Lipinski definition) is 0. The molecule has 3 aliphatic rings. The van der Waals surface area contributed by atoms with Gasteiger partial charge in [-0.1, -0.05) is 49.2 Å². The first-order valence-electron chi connectivity index (χ1n) is 11.2. The average molecular weight is 371 g/mol. The van der Waals surface area contributed by atoms with Gasteiger partial charge in [-0.15, -0.1) is 0 Å². The Morgan fingerprint density at radius 2 is 1.58 bits per heavy atom. The van der Waals surface area contributed by atoms with Gasteiger partial charge in [0.15, 0.2) is 0 Å². The molecule has 3 aliphatic carbocycles. The van der Waals surface area contributed by atoms with Gasteiger partial charge in [0.1, 0.15) is 0 Å². The van der Waals surface area contributed by atoms with Gasteiger partial charge in [0, 0.05) is 5.02 Å². The van der Waals surface area contributed by atoms with E-state index in [0.717, 1.165) is 40.5 Å². The minimum Gasteiger partial charge on any atom is -0.0883 e. The van der Waals surface area contributed by atoms with E-state index < -0.39 is 0 Å². The number of allylic oxidation sites excluding steroid dienone is 2. The molecule has 1 aromatic carbocycles. The summed E-state index contributed by atoms with van der Waals surface area (Å²) in [6, 6.07) is 8.69. The van der Waals surface area contributed by atoms with Crippen molar-refractivity contribution in [2.24, 2.45) is 29.6 Å². The molecular formula is C25H35Cl. The van der Waals surface area contributed by atoms with Gasteiger partial charge in [-0.2, -0.15) is 0 Å². The quantitative estimate of drug-likeness (QED) is 0.470. The van der Waals surface area contributed by atoms with E-state index in [1.54, 1.807) is 0 Å². The van der Waals surface area contributed by atoms with E-state index in [-0.39, 0.29) is 0 Å². The molecular weight excluding hydrogens is 336 g/mol. The minimum atomic E-state index is 0.776. The van der Waals surface area contributed by atoms with Crippen LogP contribution < -0.4 is 0 Å². The number of rotatable bonds is 4. The lowest BCUT2D eigenvalue weighted by Crippen LogP contribution is -2.41. The smallest absolute Gasteiger partial charge is 0.0406 e. The van der Waals surface area contributed by atoms with Gasteiger partial charge in [0.25, 0.3) is 0 Å². The maximum absolute atomic E-state index is 6.08. The second-order valence-corrected chi connectivity index (χ2v) is 9.71. The van der Waals surface area contributed by atoms with Crippen LogP contribution in [0.2, 0.25) is 5.02 Å². The average Bonchev–Trinajstić information content (AvgIpc) is 2.68. The molecule has 3 saturated carbocycles. The van der Waals surface area contributed by atoms with Gasteiger partial charge in [-0.05, 0) is 111 Å².